The molecule has 0 fully saturated rings. The molecule has 0 unspecified atom stereocenters. The molecule has 0 aliphatic carbocycles. The average molecular weight is 446 g/mol. The topological polar surface area (TPSA) is 92.8 Å². The highest BCUT2D eigenvalue weighted by Crippen LogP contribution is 2.37. The maximum absolute atomic E-state index is 12.5. The Balaban J connectivity index is 1.51. The second kappa shape index (κ2) is 8.13. The number of hydrogen-bond donors (Lipinski definition) is 2. The number of aromatic nitrogens is 4. The predicted molar refractivity (Wildman–Crippen MR) is 120 cm³/mol. The van der Waals surface area contributed by atoms with Crippen LogP contribution in [0.25, 0.3) is 10.2 Å². The number of anilines is 2. The zero-order valence-corrected chi connectivity index (χ0v) is 18.7. The average Bonchev–Trinajstić information content (AvgIpc) is 3.25. The number of aromatic amines is 1. The molecule has 0 saturated carbocycles. The van der Waals surface area contributed by atoms with Gasteiger partial charge in [0.1, 0.15) is 16.4 Å². The van der Waals surface area contributed by atoms with Gasteiger partial charge in [-0.15, -0.1) is 21.5 Å². The molecule has 7 nitrogen and oxygen atoms in total. The van der Waals surface area contributed by atoms with Crippen LogP contribution in [0, 0.1) is 13.8 Å². The first kappa shape index (κ1) is 19.9. The lowest BCUT2D eigenvalue weighted by atomic mass is 10.2. The molecule has 0 saturated heterocycles. The van der Waals surface area contributed by atoms with Crippen LogP contribution in [0.15, 0.2) is 33.4 Å². The standard InChI is InChI=1S/C19H19N5O2S3/c1-9-10(2)27-17-14(9)16(25)21-15(22-17)11(3)28-19-24-23-18(29-19)20-12-6-5-7-13(8-12)26-4/h5-8,11H,1-4H3,(H,20,23)(H,21,22,25)/t11-/m0/s1. The molecule has 1 atom stereocenters. The molecule has 0 aliphatic heterocycles. The van der Waals surface area contributed by atoms with Gasteiger partial charge in [-0.2, -0.15) is 0 Å². The molecule has 0 amide bonds. The molecule has 2 N–H and O–H groups in total. The highest BCUT2D eigenvalue weighted by molar-refractivity contribution is 8.01. The summed E-state index contributed by atoms with van der Waals surface area (Å²) in [4.78, 5) is 22.0. The summed E-state index contributed by atoms with van der Waals surface area (Å²) in [6.07, 6.45) is 0. The van der Waals surface area contributed by atoms with Gasteiger partial charge in [0.25, 0.3) is 5.56 Å². The minimum Gasteiger partial charge on any atom is -0.497 e. The first-order valence-corrected chi connectivity index (χ1v) is 11.4. The normalized spacial score (nSPS) is 12.3. The van der Waals surface area contributed by atoms with Gasteiger partial charge in [0.15, 0.2) is 4.34 Å². The van der Waals surface area contributed by atoms with E-state index in [1.807, 2.05) is 45.0 Å². The maximum Gasteiger partial charge on any atom is 0.259 e. The Morgan fingerprint density at radius 2 is 2.07 bits per heavy atom. The van der Waals surface area contributed by atoms with Crippen LogP contribution in [-0.2, 0) is 0 Å². The molecular formula is C19H19N5O2S3. The molecule has 4 aromatic rings. The number of benzene rings is 1. The van der Waals surface area contributed by atoms with Crippen LogP contribution < -0.4 is 15.6 Å². The zero-order chi connectivity index (χ0) is 20.5. The van der Waals surface area contributed by atoms with Crippen molar-refractivity contribution < 1.29 is 4.74 Å². The number of hydrogen-bond acceptors (Lipinski definition) is 9. The third-order valence-corrected chi connectivity index (χ3v) is 7.58. The molecular weight excluding hydrogens is 426 g/mol. The molecule has 1 aromatic carbocycles. The third kappa shape index (κ3) is 4.14. The Morgan fingerprint density at radius 1 is 1.24 bits per heavy atom. The molecule has 0 aliphatic rings. The zero-order valence-electron chi connectivity index (χ0n) is 16.3. The van der Waals surface area contributed by atoms with Crippen molar-refractivity contribution in [2.45, 2.75) is 30.4 Å². The summed E-state index contributed by atoms with van der Waals surface area (Å²) in [6.45, 7) is 5.97. The Kier molecular flexibility index (Phi) is 5.57. The van der Waals surface area contributed by atoms with Crippen molar-refractivity contribution in [3.8, 4) is 5.75 Å². The number of thiophene rings is 1. The number of rotatable bonds is 6. The number of nitrogens with zero attached hydrogens (tertiary/aromatic N) is 3. The predicted octanol–water partition coefficient (Wildman–Crippen LogP) is 5.06. The van der Waals surface area contributed by atoms with Crippen LogP contribution in [0.2, 0.25) is 0 Å². The smallest absolute Gasteiger partial charge is 0.259 e. The SMILES string of the molecule is COc1cccc(Nc2nnc(S[C@@H](C)c3nc4sc(C)c(C)c4c(=O)[nH]3)s2)c1. The molecule has 0 spiro atoms. The monoisotopic (exact) mass is 445 g/mol. The summed E-state index contributed by atoms with van der Waals surface area (Å²) in [5.74, 6) is 1.42. The van der Waals surface area contributed by atoms with E-state index in [1.54, 1.807) is 18.4 Å². The van der Waals surface area contributed by atoms with Crippen LogP contribution in [-0.4, -0.2) is 27.3 Å². The van der Waals surface area contributed by atoms with Crippen molar-refractivity contribution >= 4 is 55.5 Å². The minimum absolute atomic E-state index is 0.0626. The molecule has 10 heteroatoms. The Morgan fingerprint density at radius 3 is 2.86 bits per heavy atom. The highest BCUT2D eigenvalue weighted by atomic mass is 32.2. The summed E-state index contributed by atoms with van der Waals surface area (Å²) in [6, 6.07) is 7.63. The molecule has 0 radical (unpaired) electrons. The summed E-state index contributed by atoms with van der Waals surface area (Å²) >= 11 is 4.52. The van der Waals surface area contributed by atoms with E-state index in [0.29, 0.717) is 16.3 Å². The minimum atomic E-state index is -0.0862. The van der Waals surface area contributed by atoms with Crippen LogP contribution in [0.4, 0.5) is 10.8 Å². The summed E-state index contributed by atoms with van der Waals surface area (Å²) < 4.78 is 6.03. The van der Waals surface area contributed by atoms with E-state index < -0.39 is 0 Å². The lowest BCUT2D eigenvalue weighted by molar-refractivity contribution is 0.415. The van der Waals surface area contributed by atoms with Crippen LogP contribution >= 0.6 is 34.4 Å². The lowest BCUT2D eigenvalue weighted by Gasteiger charge is -2.08. The van der Waals surface area contributed by atoms with Gasteiger partial charge < -0.3 is 15.0 Å². The number of thioether (sulfide) groups is 1. The third-order valence-electron chi connectivity index (χ3n) is 4.45. The Bertz CT molecular complexity index is 1230. The van der Waals surface area contributed by atoms with Gasteiger partial charge in [0.2, 0.25) is 5.13 Å². The second-order valence-corrected chi connectivity index (χ2v) is 10.2. The lowest BCUT2D eigenvalue weighted by Crippen LogP contribution is -2.12. The summed E-state index contributed by atoms with van der Waals surface area (Å²) in [5, 5.41) is 13.0. The molecule has 3 aromatic heterocycles. The Labute approximate surface area is 179 Å². The van der Waals surface area contributed by atoms with Gasteiger partial charge in [-0.25, -0.2) is 4.98 Å². The van der Waals surface area contributed by atoms with Crippen LogP contribution in [0.3, 0.4) is 0 Å². The van der Waals surface area contributed by atoms with Crippen molar-refractivity contribution in [1.82, 2.24) is 20.2 Å². The van der Waals surface area contributed by atoms with Gasteiger partial charge in [-0.05, 0) is 38.5 Å². The van der Waals surface area contributed by atoms with E-state index in [0.717, 1.165) is 31.0 Å². The molecule has 29 heavy (non-hydrogen) atoms. The van der Waals surface area contributed by atoms with E-state index >= 15 is 0 Å². The van der Waals surface area contributed by atoms with E-state index in [1.165, 1.54) is 23.1 Å². The van der Waals surface area contributed by atoms with Gasteiger partial charge in [-0.1, -0.05) is 29.2 Å². The van der Waals surface area contributed by atoms with Gasteiger partial charge in [0, 0.05) is 16.6 Å². The van der Waals surface area contributed by atoms with Gasteiger partial charge in [0.05, 0.1) is 17.7 Å². The van der Waals surface area contributed by atoms with E-state index in [-0.39, 0.29) is 10.8 Å². The summed E-state index contributed by atoms with van der Waals surface area (Å²) in [5.41, 5.74) is 1.80. The van der Waals surface area contributed by atoms with Crippen molar-refractivity contribution in [3.05, 3.63) is 50.9 Å². The van der Waals surface area contributed by atoms with Crippen molar-refractivity contribution in [2.75, 3.05) is 12.4 Å². The largest absolute Gasteiger partial charge is 0.497 e. The van der Waals surface area contributed by atoms with E-state index in [2.05, 4.69) is 25.5 Å². The highest BCUT2D eigenvalue weighted by Gasteiger charge is 2.18. The molecule has 4 rings (SSSR count). The summed E-state index contributed by atoms with van der Waals surface area (Å²) in [7, 11) is 1.63. The molecule has 3 heterocycles. The fourth-order valence-corrected chi connectivity index (χ4v) is 5.81. The second-order valence-electron chi connectivity index (χ2n) is 6.40. The number of fused-ring (bicyclic) bond motifs is 1. The number of H-pyrrole nitrogens is 1. The quantitative estimate of drug-likeness (QED) is 0.401. The number of nitrogens with one attached hydrogen (secondary N) is 2. The molecule has 0 bridgehead atoms. The Hall–Kier alpha value is -2.43. The van der Waals surface area contributed by atoms with Gasteiger partial charge in [-0.3, -0.25) is 4.79 Å². The fourth-order valence-electron chi connectivity index (χ4n) is 2.80. The molecule has 150 valence electrons. The van der Waals surface area contributed by atoms with Crippen molar-refractivity contribution in [3.63, 3.8) is 0 Å². The first-order valence-electron chi connectivity index (χ1n) is 8.85. The van der Waals surface area contributed by atoms with E-state index in [9.17, 15) is 4.79 Å². The van der Waals surface area contributed by atoms with Crippen molar-refractivity contribution in [1.29, 1.82) is 0 Å². The number of methoxy groups -OCH3 is 1. The van der Waals surface area contributed by atoms with Gasteiger partial charge >= 0.3 is 0 Å². The number of ether oxygens (including phenoxy) is 1. The fraction of sp³-hybridized carbons (Fsp3) is 0.263. The van der Waals surface area contributed by atoms with E-state index in [4.69, 9.17) is 4.74 Å². The maximum atomic E-state index is 12.5. The number of aryl methyl sites for hydroxylation is 2. The van der Waals surface area contributed by atoms with Crippen LogP contribution in [0.5, 0.6) is 5.75 Å². The van der Waals surface area contributed by atoms with Crippen LogP contribution in [0.1, 0.15) is 28.4 Å². The first-order chi connectivity index (χ1) is 13.9. The van der Waals surface area contributed by atoms with Crippen molar-refractivity contribution in [2.24, 2.45) is 0 Å².